The second-order valence-electron chi connectivity index (χ2n) is 3.24. The lowest BCUT2D eigenvalue weighted by Gasteiger charge is -2.27. The number of rotatable bonds is 6. The van der Waals surface area contributed by atoms with E-state index >= 15 is 0 Å². The predicted molar refractivity (Wildman–Crippen MR) is 65.8 cm³/mol. The second-order valence-corrected chi connectivity index (χ2v) is 4.28. The lowest BCUT2D eigenvalue weighted by Crippen LogP contribution is -2.37. The zero-order valence-corrected chi connectivity index (χ0v) is 10.3. The van der Waals surface area contributed by atoms with Crippen LogP contribution in [-0.4, -0.2) is 60.3 Å². The molecule has 0 aromatic carbocycles. The summed E-state index contributed by atoms with van der Waals surface area (Å²) in [4.78, 5) is 2.45. The highest BCUT2D eigenvalue weighted by atomic mass is 32.2. The molecule has 0 unspecified atom stereocenters. The van der Waals surface area contributed by atoms with Crippen molar-refractivity contribution >= 4 is 29.7 Å². The Balaban J connectivity index is 2.04. The van der Waals surface area contributed by atoms with Gasteiger partial charge in [0.05, 0.1) is 18.7 Å². The third-order valence-electron chi connectivity index (χ3n) is 2.31. The molecule has 0 radical (unpaired) electrons. The molecular formula is C9H18N2OS2. The van der Waals surface area contributed by atoms with Crippen LogP contribution in [-0.2, 0) is 4.74 Å². The van der Waals surface area contributed by atoms with E-state index in [-0.39, 0.29) is 0 Å². The summed E-state index contributed by atoms with van der Waals surface area (Å²) in [6.07, 6.45) is 3.23. The van der Waals surface area contributed by atoms with Crippen molar-refractivity contribution in [3.8, 4) is 0 Å². The average Bonchev–Trinajstić information content (AvgIpc) is 2.26. The van der Waals surface area contributed by atoms with E-state index in [1.54, 1.807) is 17.4 Å². The Morgan fingerprint density at radius 3 is 2.79 bits per heavy atom. The largest absolute Gasteiger partial charge is 0.379 e. The fraction of sp³-hybridized carbons (Fsp3) is 0.889. The molecular weight excluding hydrogens is 216 g/mol. The number of morpholine rings is 1. The smallest absolute Gasteiger partial charge is 0.0740 e. The van der Waals surface area contributed by atoms with E-state index in [1.807, 2.05) is 0 Å². The Morgan fingerprint density at radius 2 is 2.21 bits per heavy atom. The van der Waals surface area contributed by atoms with Gasteiger partial charge in [-0.25, -0.2) is 0 Å². The summed E-state index contributed by atoms with van der Waals surface area (Å²) in [5, 5.41) is 0. The van der Waals surface area contributed by atoms with Gasteiger partial charge < -0.3 is 9.04 Å². The molecule has 0 bridgehead atoms. The van der Waals surface area contributed by atoms with Crippen LogP contribution in [0.3, 0.4) is 0 Å². The second kappa shape index (κ2) is 7.45. The molecule has 0 amide bonds. The summed E-state index contributed by atoms with van der Waals surface area (Å²) in [7, 11) is 0. The Morgan fingerprint density at radius 1 is 1.50 bits per heavy atom. The summed E-state index contributed by atoms with van der Waals surface area (Å²) in [5.41, 5.74) is 1.73. The number of hydrogen-bond donors (Lipinski definition) is 0. The normalized spacial score (nSPS) is 18.1. The van der Waals surface area contributed by atoms with E-state index in [0.29, 0.717) is 0 Å². The molecule has 0 N–H and O–H groups in total. The molecule has 1 aliphatic heterocycles. The molecule has 0 aromatic heterocycles. The summed E-state index contributed by atoms with van der Waals surface area (Å²) in [6, 6.07) is 0. The van der Waals surface area contributed by atoms with Crippen LogP contribution in [0.5, 0.6) is 0 Å². The first kappa shape index (κ1) is 12.2. The minimum Gasteiger partial charge on any atom is -0.379 e. The Hall–Kier alpha value is 0.160. The molecule has 0 aliphatic carbocycles. The van der Waals surface area contributed by atoms with E-state index in [1.165, 1.54) is 6.42 Å². The highest BCUT2D eigenvalue weighted by Gasteiger charge is 2.09. The standard InChI is InChI=1S/C9H18N2OS2/c1-14-11(9-13)4-2-3-10-5-7-12-8-6-10/h9H,2-8H2,1H3. The maximum atomic E-state index is 5.29. The molecule has 0 spiro atoms. The average molecular weight is 234 g/mol. The van der Waals surface area contributed by atoms with Gasteiger partial charge in [0.25, 0.3) is 0 Å². The maximum Gasteiger partial charge on any atom is 0.0740 e. The van der Waals surface area contributed by atoms with Crippen molar-refractivity contribution in [2.45, 2.75) is 6.42 Å². The molecule has 3 nitrogen and oxygen atoms in total. The van der Waals surface area contributed by atoms with Gasteiger partial charge in [-0.2, -0.15) is 0 Å². The highest BCUT2D eigenvalue weighted by Crippen LogP contribution is 2.04. The van der Waals surface area contributed by atoms with Crippen LogP contribution in [0.15, 0.2) is 0 Å². The Kier molecular flexibility index (Phi) is 6.51. The van der Waals surface area contributed by atoms with Crippen molar-refractivity contribution in [3.63, 3.8) is 0 Å². The van der Waals surface area contributed by atoms with Crippen LogP contribution in [0.4, 0.5) is 0 Å². The Labute approximate surface area is 95.9 Å². The lowest BCUT2D eigenvalue weighted by atomic mass is 10.3. The van der Waals surface area contributed by atoms with Gasteiger partial charge in [-0.15, -0.1) is 0 Å². The van der Waals surface area contributed by atoms with Crippen molar-refractivity contribution in [2.75, 3.05) is 45.6 Å². The first-order valence-corrected chi connectivity index (χ1v) is 6.58. The van der Waals surface area contributed by atoms with Gasteiger partial charge in [0.2, 0.25) is 0 Å². The summed E-state index contributed by atoms with van der Waals surface area (Å²) in [6.45, 7) is 6.14. The maximum absolute atomic E-state index is 5.29. The van der Waals surface area contributed by atoms with Crippen molar-refractivity contribution in [1.29, 1.82) is 0 Å². The van der Waals surface area contributed by atoms with Crippen molar-refractivity contribution in [2.24, 2.45) is 0 Å². The number of nitrogens with zero attached hydrogens (tertiary/aromatic N) is 2. The predicted octanol–water partition coefficient (Wildman–Crippen LogP) is 1.25. The van der Waals surface area contributed by atoms with Crippen LogP contribution >= 0.6 is 24.2 Å². The summed E-state index contributed by atoms with van der Waals surface area (Å²) >= 11 is 6.58. The van der Waals surface area contributed by atoms with Crippen molar-refractivity contribution < 1.29 is 4.74 Å². The van der Waals surface area contributed by atoms with Gasteiger partial charge in [0, 0.05) is 32.4 Å². The Bertz CT molecular complexity index is 163. The molecule has 0 atom stereocenters. The minimum atomic E-state index is 0.888. The van der Waals surface area contributed by atoms with Gasteiger partial charge in [-0.1, -0.05) is 24.2 Å². The van der Waals surface area contributed by atoms with Gasteiger partial charge >= 0.3 is 0 Å². The molecule has 1 fully saturated rings. The topological polar surface area (TPSA) is 15.7 Å². The molecule has 0 aromatic rings. The summed E-state index contributed by atoms with van der Waals surface area (Å²) < 4.78 is 7.38. The SMILES string of the molecule is CSN(C=S)CCCN1CCOCC1. The van der Waals surface area contributed by atoms with Crippen LogP contribution in [0.2, 0.25) is 0 Å². The van der Waals surface area contributed by atoms with Gasteiger partial charge in [0.15, 0.2) is 0 Å². The number of ether oxygens (including phenoxy) is 1. The van der Waals surface area contributed by atoms with E-state index in [9.17, 15) is 0 Å². The molecule has 14 heavy (non-hydrogen) atoms. The first-order chi connectivity index (χ1) is 6.86. The third-order valence-corrected chi connectivity index (χ3v) is 3.45. The number of thiocarbonyl (C=S) groups is 1. The lowest BCUT2D eigenvalue weighted by molar-refractivity contribution is 0.0373. The van der Waals surface area contributed by atoms with Crippen molar-refractivity contribution in [1.82, 2.24) is 9.21 Å². The van der Waals surface area contributed by atoms with Crippen LogP contribution in [0, 0.1) is 0 Å². The molecule has 5 heteroatoms. The molecule has 1 rings (SSSR count). The fourth-order valence-corrected chi connectivity index (χ4v) is 2.22. The van der Waals surface area contributed by atoms with Crippen LogP contribution in [0.25, 0.3) is 0 Å². The van der Waals surface area contributed by atoms with Gasteiger partial charge in [-0.05, 0) is 6.42 Å². The molecule has 1 saturated heterocycles. The third kappa shape index (κ3) is 4.59. The monoisotopic (exact) mass is 234 g/mol. The van der Waals surface area contributed by atoms with E-state index < -0.39 is 0 Å². The minimum absolute atomic E-state index is 0.888. The quantitative estimate of drug-likeness (QED) is 0.506. The van der Waals surface area contributed by atoms with Crippen LogP contribution in [0.1, 0.15) is 6.42 Å². The zero-order valence-electron chi connectivity index (χ0n) is 8.65. The number of hydrogen-bond acceptors (Lipinski definition) is 4. The van der Waals surface area contributed by atoms with Gasteiger partial charge in [-0.3, -0.25) is 4.90 Å². The first-order valence-electron chi connectivity index (χ1n) is 4.93. The molecule has 0 saturated carbocycles. The fourth-order valence-electron chi connectivity index (χ4n) is 1.46. The van der Waals surface area contributed by atoms with Crippen LogP contribution < -0.4 is 0 Å². The molecule has 1 heterocycles. The summed E-state index contributed by atoms with van der Waals surface area (Å²) in [5.74, 6) is 0. The molecule has 1 aliphatic rings. The van der Waals surface area contributed by atoms with E-state index in [2.05, 4.69) is 15.5 Å². The molecule has 82 valence electrons. The van der Waals surface area contributed by atoms with E-state index in [4.69, 9.17) is 17.0 Å². The van der Waals surface area contributed by atoms with Gasteiger partial charge in [0.1, 0.15) is 0 Å². The zero-order chi connectivity index (χ0) is 10.2. The van der Waals surface area contributed by atoms with Crippen molar-refractivity contribution in [3.05, 3.63) is 0 Å². The van der Waals surface area contributed by atoms with E-state index in [0.717, 1.165) is 39.4 Å². The highest BCUT2D eigenvalue weighted by molar-refractivity contribution is 7.97.